The molecule has 0 bridgehead atoms. The molecule has 0 aromatic heterocycles. The summed E-state index contributed by atoms with van der Waals surface area (Å²) < 4.78 is 6.19. The van der Waals surface area contributed by atoms with E-state index in [1.807, 2.05) is 6.92 Å². The standard InChI is InChI=1S/C10H22NO2/c1-3-11(9-13-4-2)8-6-5-7-10(11)12/h10,12H,3-9H2,1-2H3/q+1. The summed E-state index contributed by atoms with van der Waals surface area (Å²) in [6.07, 6.45) is 3.11. The molecule has 3 nitrogen and oxygen atoms in total. The Hall–Kier alpha value is -0.120. The first-order chi connectivity index (χ1) is 6.25. The highest BCUT2D eigenvalue weighted by molar-refractivity contribution is 4.55. The maximum absolute atomic E-state index is 9.94. The van der Waals surface area contributed by atoms with Crippen molar-refractivity contribution in [3.8, 4) is 0 Å². The summed E-state index contributed by atoms with van der Waals surface area (Å²) in [5, 5.41) is 9.94. The Kier molecular flexibility index (Phi) is 4.16. The molecular weight excluding hydrogens is 166 g/mol. The van der Waals surface area contributed by atoms with Crippen LogP contribution in [0.5, 0.6) is 0 Å². The van der Waals surface area contributed by atoms with E-state index in [0.29, 0.717) is 6.73 Å². The number of nitrogens with zero attached hydrogens (tertiary/aromatic N) is 1. The van der Waals surface area contributed by atoms with E-state index in [9.17, 15) is 5.11 Å². The van der Waals surface area contributed by atoms with E-state index in [0.717, 1.165) is 37.0 Å². The third-order valence-electron chi connectivity index (χ3n) is 3.13. The second-order valence-electron chi connectivity index (χ2n) is 3.86. The van der Waals surface area contributed by atoms with Crippen molar-refractivity contribution < 1.29 is 14.3 Å². The first-order valence-corrected chi connectivity index (χ1v) is 5.36. The van der Waals surface area contributed by atoms with E-state index < -0.39 is 0 Å². The van der Waals surface area contributed by atoms with Gasteiger partial charge in [0.2, 0.25) is 0 Å². The second-order valence-corrected chi connectivity index (χ2v) is 3.86. The summed E-state index contributed by atoms with van der Waals surface area (Å²) in [5.74, 6) is 0. The number of rotatable bonds is 4. The predicted molar refractivity (Wildman–Crippen MR) is 52.0 cm³/mol. The quantitative estimate of drug-likeness (QED) is 0.674. The van der Waals surface area contributed by atoms with Crippen LogP contribution in [0.25, 0.3) is 0 Å². The predicted octanol–water partition coefficient (Wildman–Crippen LogP) is 1.32. The van der Waals surface area contributed by atoms with Crippen LogP contribution < -0.4 is 0 Å². The maximum atomic E-state index is 9.94. The third kappa shape index (κ3) is 2.42. The Balaban J connectivity index is 2.53. The van der Waals surface area contributed by atoms with Crippen molar-refractivity contribution >= 4 is 0 Å². The van der Waals surface area contributed by atoms with Gasteiger partial charge in [0.05, 0.1) is 13.1 Å². The van der Waals surface area contributed by atoms with Gasteiger partial charge in [-0.15, -0.1) is 0 Å². The molecule has 0 saturated carbocycles. The van der Waals surface area contributed by atoms with Crippen molar-refractivity contribution in [3.05, 3.63) is 0 Å². The molecule has 1 N–H and O–H groups in total. The smallest absolute Gasteiger partial charge is 0.192 e. The van der Waals surface area contributed by atoms with Crippen molar-refractivity contribution in [1.29, 1.82) is 0 Å². The first kappa shape index (κ1) is 11.0. The van der Waals surface area contributed by atoms with Crippen molar-refractivity contribution in [2.75, 3.05) is 26.4 Å². The van der Waals surface area contributed by atoms with Crippen molar-refractivity contribution in [2.24, 2.45) is 0 Å². The van der Waals surface area contributed by atoms with Gasteiger partial charge in [0.15, 0.2) is 13.0 Å². The average Bonchev–Trinajstić information content (AvgIpc) is 2.17. The lowest BCUT2D eigenvalue weighted by Crippen LogP contribution is -2.59. The SMILES string of the molecule is CCOC[N+]1(CC)CCCCC1O. The molecule has 0 spiro atoms. The molecule has 2 atom stereocenters. The number of aliphatic hydroxyl groups is 1. The van der Waals surface area contributed by atoms with Gasteiger partial charge in [0.1, 0.15) is 0 Å². The van der Waals surface area contributed by atoms with Gasteiger partial charge in [0, 0.05) is 13.0 Å². The van der Waals surface area contributed by atoms with Crippen molar-refractivity contribution in [3.63, 3.8) is 0 Å². The lowest BCUT2D eigenvalue weighted by atomic mass is 10.1. The Morgan fingerprint density at radius 3 is 2.69 bits per heavy atom. The second kappa shape index (κ2) is 4.94. The van der Waals surface area contributed by atoms with E-state index in [2.05, 4.69) is 6.92 Å². The zero-order valence-corrected chi connectivity index (χ0v) is 8.83. The summed E-state index contributed by atoms with van der Waals surface area (Å²) in [6.45, 7) is 7.59. The largest absolute Gasteiger partial charge is 0.345 e. The lowest BCUT2D eigenvalue weighted by molar-refractivity contribution is -0.989. The van der Waals surface area contributed by atoms with E-state index in [-0.39, 0.29) is 6.23 Å². The molecule has 78 valence electrons. The summed E-state index contributed by atoms with van der Waals surface area (Å²) in [6, 6.07) is 0. The molecule has 1 aliphatic heterocycles. The van der Waals surface area contributed by atoms with Gasteiger partial charge in [-0.1, -0.05) is 0 Å². The van der Waals surface area contributed by atoms with Crippen LogP contribution in [0.1, 0.15) is 33.1 Å². The molecule has 3 heteroatoms. The van der Waals surface area contributed by atoms with E-state index in [1.165, 1.54) is 6.42 Å². The summed E-state index contributed by atoms with van der Waals surface area (Å²) in [4.78, 5) is 0. The number of aliphatic hydroxyl groups excluding tert-OH is 1. The van der Waals surface area contributed by atoms with Gasteiger partial charge >= 0.3 is 0 Å². The molecule has 0 aromatic rings. The third-order valence-corrected chi connectivity index (χ3v) is 3.13. The lowest BCUT2D eigenvalue weighted by Gasteiger charge is -2.43. The van der Waals surface area contributed by atoms with Crippen LogP contribution in [-0.2, 0) is 4.74 Å². The fourth-order valence-corrected chi connectivity index (χ4v) is 2.06. The Morgan fingerprint density at radius 2 is 2.15 bits per heavy atom. The van der Waals surface area contributed by atoms with Crippen LogP contribution in [0.2, 0.25) is 0 Å². The number of likely N-dealkylation sites (tertiary alicyclic amines) is 1. The summed E-state index contributed by atoms with van der Waals surface area (Å²) >= 11 is 0. The van der Waals surface area contributed by atoms with Crippen LogP contribution in [0.4, 0.5) is 0 Å². The van der Waals surface area contributed by atoms with Gasteiger partial charge in [-0.05, 0) is 26.7 Å². The molecule has 0 radical (unpaired) electrons. The highest BCUT2D eigenvalue weighted by Crippen LogP contribution is 2.23. The number of hydrogen-bond acceptors (Lipinski definition) is 2. The average molecular weight is 188 g/mol. The molecular formula is C10H22NO2+. The van der Waals surface area contributed by atoms with E-state index in [1.54, 1.807) is 0 Å². The monoisotopic (exact) mass is 188 g/mol. The number of piperidine rings is 1. The Bertz CT molecular complexity index is 152. The van der Waals surface area contributed by atoms with Gasteiger partial charge in [-0.2, -0.15) is 0 Å². The normalized spacial score (nSPS) is 34.8. The molecule has 0 amide bonds. The zero-order chi connectivity index (χ0) is 9.73. The molecule has 1 heterocycles. The molecule has 2 unspecified atom stereocenters. The fraction of sp³-hybridized carbons (Fsp3) is 1.00. The zero-order valence-electron chi connectivity index (χ0n) is 8.83. The molecule has 1 aliphatic rings. The molecule has 0 aliphatic carbocycles. The maximum Gasteiger partial charge on any atom is 0.192 e. The summed E-state index contributed by atoms with van der Waals surface area (Å²) in [5.41, 5.74) is 0. The topological polar surface area (TPSA) is 29.5 Å². The minimum atomic E-state index is -0.203. The van der Waals surface area contributed by atoms with Crippen LogP contribution >= 0.6 is 0 Å². The minimum absolute atomic E-state index is 0.203. The van der Waals surface area contributed by atoms with Crippen LogP contribution in [0, 0.1) is 0 Å². The molecule has 13 heavy (non-hydrogen) atoms. The minimum Gasteiger partial charge on any atom is -0.345 e. The molecule has 1 saturated heterocycles. The first-order valence-electron chi connectivity index (χ1n) is 5.36. The molecule has 1 fully saturated rings. The number of quaternary nitrogens is 1. The van der Waals surface area contributed by atoms with Gasteiger partial charge in [-0.3, -0.25) is 4.48 Å². The number of ether oxygens (including phenoxy) is 1. The van der Waals surface area contributed by atoms with Crippen molar-refractivity contribution in [2.45, 2.75) is 39.3 Å². The molecule has 0 aromatic carbocycles. The van der Waals surface area contributed by atoms with Crippen molar-refractivity contribution in [1.82, 2.24) is 0 Å². The van der Waals surface area contributed by atoms with E-state index in [4.69, 9.17) is 4.74 Å². The van der Waals surface area contributed by atoms with Crippen LogP contribution in [0.15, 0.2) is 0 Å². The van der Waals surface area contributed by atoms with Gasteiger partial charge in [-0.25, -0.2) is 0 Å². The van der Waals surface area contributed by atoms with Gasteiger partial charge in [0.25, 0.3) is 0 Å². The fourth-order valence-electron chi connectivity index (χ4n) is 2.06. The summed E-state index contributed by atoms with van der Waals surface area (Å²) in [7, 11) is 0. The highest BCUT2D eigenvalue weighted by atomic mass is 16.5. The Labute approximate surface area is 80.9 Å². The van der Waals surface area contributed by atoms with E-state index >= 15 is 0 Å². The Morgan fingerprint density at radius 1 is 1.38 bits per heavy atom. The van der Waals surface area contributed by atoms with Crippen LogP contribution in [-0.4, -0.2) is 42.2 Å². The molecule has 1 rings (SSSR count). The highest BCUT2D eigenvalue weighted by Gasteiger charge is 2.36. The van der Waals surface area contributed by atoms with Crippen LogP contribution in [0.3, 0.4) is 0 Å². The van der Waals surface area contributed by atoms with Gasteiger partial charge < -0.3 is 9.84 Å². The number of hydrogen-bond donors (Lipinski definition) is 1.